The Morgan fingerprint density at radius 1 is 1.27 bits per heavy atom. The molecule has 0 amide bonds. The summed E-state index contributed by atoms with van der Waals surface area (Å²) >= 11 is 0. The van der Waals surface area contributed by atoms with Crippen LogP contribution in [0.2, 0.25) is 0 Å². The van der Waals surface area contributed by atoms with E-state index in [1.165, 1.54) is 16.0 Å². The Hall–Kier alpha value is -1.52. The predicted octanol–water partition coefficient (Wildman–Crippen LogP) is 1.01. The number of nitrogens with two attached hydrogens (primary N) is 1. The average Bonchev–Trinajstić information content (AvgIpc) is 2.53. The van der Waals surface area contributed by atoms with Crippen LogP contribution in [0.25, 0.3) is 11.6 Å². The Bertz CT molecular complexity index is 486. The zero-order valence-electron chi connectivity index (χ0n) is 9.38. The Morgan fingerprint density at radius 3 is 2.73 bits per heavy atom. The molecular formula is C14H17N. The summed E-state index contributed by atoms with van der Waals surface area (Å²) in [5.41, 5.74) is 6.90. The molecule has 15 heavy (non-hydrogen) atoms. The first-order valence-electron chi connectivity index (χ1n) is 5.37. The number of hydrogen-bond donors (Lipinski definition) is 1. The maximum Gasteiger partial charge on any atom is 0.0324 e. The van der Waals surface area contributed by atoms with Crippen molar-refractivity contribution in [3.8, 4) is 11.8 Å². The normalized spacial score (nSPS) is 12.1. The molecule has 2 N–H and O–H groups in total. The smallest absolute Gasteiger partial charge is 0.0324 e. The topological polar surface area (TPSA) is 26.0 Å². The van der Waals surface area contributed by atoms with E-state index in [1.807, 2.05) is 32.1 Å². The van der Waals surface area contributed by atoms with Gasteiger partial charge in [0.1, 0.15) is 0 Å². The molecule has 0 bridgehead atoms. The Morgan fingerprint density at radius 2 is 2.00 bits per heavy atom. The first-order chi connectivity index (χ1) is 7.42. The fourth-order valence-corrected chi connectivity index (χ4v) is 1.51. The quantitative estimate of drug-likeness (QED) is 0.671. The van der Waals surface area contributed by atoms with Gasteiger partial charge in [0.15, 0.2) is 0 Å². The summed E-state index contributed by atoms with van der Waals surface area (Å²) in [5, 5.41) is 2.43. The molecule has 1 nitrogen and oxygen atoms in total. The fourth-order valence-electron chi connectivity index (χ4n) is 1.51. The highest BCUT2D eigenvalue weighted by Crippen LogP contribution is 1.96. The van der Waals surface area contributed by atoms with Crippen molar-refractivity contribution >= 4 is 11.6 Å². The van der Waals surface area contributed by atoms with E-state index >= 15 is 0 Å². The second kappa shape index (κ2) is 6.06. The van der Waals surface area contributed by atoms with Crippen LogP contribution in [0.4, 0.5) is 0 Å². The van der Waals surface area contributed by atoms with Gasteiger partial charge in [0.25, 0.3) is 0 Å². The zero-order valence-corrected chi connectivity index (χ0v) is 9.38. The van der Waals surface area contributed by atoms with Crippen molar-refractivity contribution < 1.29 is 0 Å². The van der Waals surface area contributed by atoms with Crippen molar-refractivity contribution in [2.45, 2.75) is 20.3 Å². The van der Waals surface area contributed by atoms with E-state index in [4.69, 9.17) is 5.73 Å². The maximum atomic E-state index is 5.67. The van der Waals surface area contributed by atoms with Crippen LogP contribution in [0.15, 0.2) is 24.3 Å². The van der Waals surface area contributed by atoms with E-state index in [2.05, 4.69) is 24.0 Å². The molecule has 78 valence electrons. The van der Waals surface area contributed by atoms with E-state index in [0.717, 1.165) is 6.42 Å². The lowest BCUT2D eigenvalue weighted by Gasteiger charge is -1.98. The van der Waals surface area contributed by atoms with E-state index in [1.54, 1.807) is 0 Å². The van der Waals surface area contributed by atoms with Gasteiger partial charge in [-0.05, 0) is 22.1 Å². The minimum atomic E-state index is 0.597. The van der Waals surface area contributed by atoms with Gasteiger partial charge in [0, 0.05) is 13.0 Å². The summed E-state index contributed by atoms with van der Waals surface area (Å²) in [5.74, 6) is 6.09. The van der Waals surface area contributed by atoms with E-state index in [9.17, 15) is 0 Å². The maximum absolute atomic E-state index is 5.67. The first-order valence-corrected chi connectivity index (χ1v) is 5.37. The van der Waals surface area contributed by atoms with Gasteiger partial charge in [0.05, 0.1) is 0 Å². The van der Waals surface area contributed by atoms with Gasteiger partial charge in [-0.25, -0.2) is 0 Å². The molecule has 1 aromatic carbocycles. The minimum Gasteiger partial charge on any atom is -0.327 e. The van der Waals surface area contributed by atoms with Gasteiger partial charge >= 0.3 is 0 Å². The highest BCUT2D eigenvalue weighted by atomic mass is 14.5. The van der Waals surface area contributed by atoms with Crippen LogP contribution in [-0.4, -0.2) is 6.54 Å². The summed E-state index contributed by atoms with van der Waals surface area (Å²) in [6.07, 6.45) is 2.75. The monoisotopic (exact) mass is 199 g/mol. The molecule has 0 heterocycles. The molecule has 0 unspecified atom stereocenters. The molecule has 1 aliphatic carbocycles. The zero-order chi connectivity index (χ0) is 11.1. The van der Waals surface area contributed by atoms with Crippen molar-refractivity contribution in [1.82, 2.24) is 0 Å². The van der Waals surface area contributed by atoms with Gasteiger partial charge in [0.2, 0.25) is 0 Å². The summed E-state index contributed by atoms with van der Waals surface area (Å²) in [6.45, 7) is 4.60. The van der Waals surface area contributed by atoms with Crippen LogP contribution in [-0.2, 0) is 0 Å². The first kappa shape index (κ1) is 11.6. The second-order valence-electron chi connectivity index (χ2n) is 3.04. The number of fused-ring (bicyclic) bond motifs is 1. The average molecular weight is 199 g/mol. The highest BCUT2D eigenvalue weighted by molar-refractivity contribution is 5.58. The molecule has 0 spiro atoms. The largest absolute Gasteiger partial charge is 0.327 e. The lowest BCUT2D eigenvalue weighted by atomic mass is 10.1. The summed E-state index contributed by atoms with van der Waals surface area (Å²) in [6, 6.07) is 8.23. The van der Waals surface area contributed by atoms with Crippen molar-refractivity contribution in [3.63, 3.8) is 0 Å². The SMILES string of the molecule is CC.NCC1=c2ccccc2=CC#CC1. The lowest BCUT2D eigenvalue weighted by molar-refractivity contribution is 1.19. The van der Waals surface area contributed by atoms with E-state index in [-0.39, 0.29) is 0 Å². The van der Waals surface area contributed by atoms with Crippen LogP contribution in [0.1, 0.15) is 20.3 Å². The predicted molar refractivity (Wildman–Crippen MR) is 66.4 cm³/mol. The van der Waals surface area contributed by atoms with Crippen LogP contribution in [0.3, 0.4) is 0 Å². The molecule has 0 saturated heterocycles. The molecule has 0 radical (unpaired) electrons. The molecule has 1 aliphatic rings. The van der Waals surface area contributed by atoms with Crippen LogP contribution < -0.4 is 16.2 Å². The second-order valence-corrected chi connectivity index (χ2v) is 3.04. The minimum absolute atomic E-state index is 0.597. The molecule has 0 fully saturated rings. The van der Waals surface area contributed by atoms with Gasteiger partial charge in [-0.2, -0.15) is 0 Å². The summed E-state index contributed by atoms with van der Waals surface area (Å²) in [7, 11) is 0. The third kappa shape index (κ3) is 2.71. The molecule has 0 aliphatic heterocycles. The number of rotatable bonds is 1. The summed E-state index contributed by atoms with van der Waals surface area (Å²) < 4.78 is 0. The highest BCUT2D eigenvalue weighted by Gasteiger charge is 1.96. The summed E-state index contributed by atoms with van der Waals surface area (Å²) in [4.78, 5) is 0. The Labute approximate surface area is 91.3 Å². The van der Waals surface area contributed by atoms with Crippen LogP contribution in [0, 0.1) is 11.8 Å². The number of benzene rings is 1. The molecular weight excluding hydrogens is 182 g/mol. The van der Waals surface area contributed by atoms with Crippen molar-refractivity contribution in [1.29, 1.82) is 0 Å². The standard InChI is InChI=1S/C12H11N.C2H6/c13-9-11-7-2-1-5-10-6-3-4-8-12(10)11;1-2/h3-6,8H,7,9,13H2;1-2H3. The van der Waals surface area contributed by atoms with Gasteiger partial charge in [-0.15, -0.1) is 0 Å². The van der Waals surface area contributed by atoms with E-state index < -0.39 is 0 Å². The van der Waals surface area contributed by atoms with Crippen molar-refractivity contribution in [3.05, 3.63) is 34.7 Å². The van der Waals surface area contributed by atoms with Gasteiger partial charge in [-0.3, -0.25) is 0 Å². The van der Waals surface area contributed by atoms with Gasteiger partial charge < -0.3 is 5.73 Å². The van der Waals surface area contributed by atoms with Crippen molar-refractivity contribution in [2.75, 3.05) is 6.54 Å². The third-order valence-corrected chi connectivity index (χ3v) is 2.22. The van der Waals surface area contributed by atoms with E-state index in [0.29, 0.717) is 6.54 Å². The third-order valence-electron chi connectivity index (χ3n) is 2.22. The Balaban J connectivity index is 0.000000531. The van der Waals surface area contributed by atoms with Crippen LogP contribution in [0.5, 0.6) is 0 Å². The van der Waals surface area contributed by atoms with Crippen molar-refractivity contribution in [2.24, 2.45) is 5.73 Å². The van der Waals surface area contributed by atoms with Crippen LogP contribution >= 0.6 is 0 Å². The lowest BCUT2D eigenvalue weighted by Crippen LogP contribution is -2.28. The Kier molecular flexibility index (Phi) is 4.66. The van der Waals surface area contributed by atoms with Gasteiger partial charge in [-0.1, -0.05) is 50.0 Å². The molecule has 0 atom stereocenters. The molecule has 2 rings (SSSR count). The molecule has 1 aromatic rings. The number of hydrogen-bond acceptors (Lipinski definition) is 1. The molecule has 0 saturated carbocycles. The molecule has 1 heteroatoms. The fraction of sp³-hybridized carbons (Fsp3) is 0.286. The molecule has 0 aromatic heterocycles.